The SMILES string of the molecule is CCCCc1ccccc1C(C)=O. The van der Waals surface area contributed by atoms with Gasteiger partial charge in [0.1, 0.15) is 0 Å². The van der Waals surface area contributed by atoms with Crippen LogP contribution in [0.2, 0.25) is 0 Å². The van der Waals surface area contributed by atoms with Crippen molar-refractivity contribution in [1.29, 1.82) is 0 Å². The fourth-order valence-corrected chi connectivity index (χ4v) is 1.45. The average Bonchev–Trinajstić information content (AvgIpc) is 2.15. The highest BCUT2D eigenvalue weighted by Gasteiger charge is 2.04. The van der Waals surface area contributed by atoms with E-state index < -0.39 is 0 Å². The van der Waals surface area contributed by atoms with Gasteiger partial charge in [0, 0.05) is 5.56 Å². The smallest absolute Gasteiger partial charge is 0.160 e. The van der Waals surface area contributed by atoms with Gasteiger partial charge in [0.05, 0.1) is 0 Å². The molecule has 0 aromatic heterocycles. The topological polar surface area (TPSA) is 17.1 Å². The molecule has 0 aliphatic carbocycles. The minimum absolute atomic E-state index is 0.173. The van der Waals surface area contributed by atoms with Crippen molar-refractivity contribution in [2.24, 2.45) is 0 Å². The molecule has 0 heterocycles. The molecule has 0 unspecified atom stereocenters. The number of hydrogen-bond acceptors (Lipinski definition) is 1. The van der Waals surface area contributed by atoms with Crippen LogP contribution in [0.4, 0.5) is 0 Å². The number of aryl methyl sites for hydroxylation is 1. The molecule has 70 valence electrons. The van der Waals surface area contributed by atoms with Gasteiger partial charge in [-0.25, -0.2) is 0 Å². The average molecular weight is 176 g/mol. The molecule has 1 aromatic rings. The minimum atomic E-state index is 0.173. The zero-order valence-electron chi connectivity index (χ0n) is 8.34. The van der Waals surface area contributed by atoms with Crippen molar-refractivity contribution in [2.45, 2.75) is 33.1 Å². The molecule has 0 radical (unpaired) electrons. The minimum Gasteiger partial charge on any atom is -0.295 e. The highest BCUT2D eigenvalue weighted by molar-refractivity contribution is 5.95. The maximum absolute atomic E-state index is 11.2. The van der Waals surface area contributed by atoms with Gasteiger partial charge in [-0.05, 0) is 25.3 Å². The molecular weight excluding hydrogens is 160 g/mol. The normalized spacial score (nSPS) is 10.0. The molecular formula is C12H16O. The summed E-state index contributed by atoms with van der Waals surface area (Å²) in [6.45, 7) is 3.79. The molecule has 0 saturated heterocycles. The van der Waals surface area contributed by atoms with Crippen LogP contribution < -0.4 is 0 Å². The first-order chi connectivity index (χ1) is 6.25. The molecule has 0 bridgehead atoms. The van der Waals surface area contributed by atoms with Gasteiger partial charge in [-0.15, -0.1) is 0 Å². The van der Waals surface area contributed by atoms with E-state index in [-0.39, 0.29) is 5.78 Å². The lowest BCUT2D eigenvalue weighted by atomic mass is 10.00. The number of benzene rings is 1. The van der Waals surface area contributed by atoms with Crippen LogP contribution in [0, 0.1) is 0 Å². The zero-order valence-corrected chi connectivity index (χ0v) is 8.34. The van der Waals surface area contributed by atoms with Gasteiger partial charge >= 0.3 is 0 Å². The lowest BCUT2D eigenvalue weighted by Gasteiger charge is -2.04. The van der Waals surface area contributed by atoms with E-state index in [0.29, 0.717) is 0 Å². The van der Waals surface area contributed by atoms with Crippen LogP contribution >= 0.6 is 0 Å². The van der Waals surface area contributed by atoms with E-state index in [0.717, 1.165) is 18.4 Å². The van der Waals surface area contributed by atoms with Crippen LogP contribution in [0.15, 0.2) is 24.3 Å². The first-order valence-corrected chi connectivity index (χ1v) is 4.84. The van der Waals surface area contributed by atoms with Crippen LogP contribution in [0.5, 0.6) is 0 Å². The summed E-state index contributed by atoms with van der Waals surface area (Å²) in [5.74, 6) is 0.173. The molecule has 0 N–H and O–H groups in total. The summed E-state index contributed by atoms with van der Waals surface area (Å²) >= 11 is 0. The van der Waals surface area contributed by atoms with E-state index in [1.54, 1.807) is 6.92 Å². The zero-order chi connectivity index (χ0) is 9.68. The second-order valence-electron chi connectivity index (χ2n) is 3.32. The summed E-state index contributed by atoms with van der Waals surface area (Å²) in [4.78, 5) is 11.2. The summed E-state index contributed by atoms with van der Waals surface area (Å²) in [6, 6.07) is 7.88. The number of hydrogen-bond donors (Lipinski definition) is 0. The molecule has 1 heteroatoms. The molecule has 0 aliphatic rings. The quantitative estimate of drug-likeness (QED) is 0.644. The Bertz CT molecular complexity index is 289. The molecule has 0 amide bonds. The van der Waals surface area contributed by atoms with E-state index >= 15 is 0 Å². The number of Topliss-reactive ketones (excluding diaryl/α,β-unsaturated/α-hetero) is 1. The second kappa shape index (κ2) is 4.80. The molecule has 0 atom stereocenters. The number of carbonyl (C=O) groups excluding carboxylic acids is 1. The van der Waals surface area contributed by atoms with Gasteiger partial charge in [0.2, 0.25) is 0 Å². The molecule has 0 spiro atoms. The third kappa shape index (κ3) is 2.69. The Hall–Kier alpha value is -1.11. The highest BCUT2D eigenvalue weighted by atomic mass is 16.1. The monoisotopic (exact) mass is 176 g/mol. The number of rotatable bonds is 4. The van der Waals surface area contributed by atoms with Crippen molar-refractivity contribution in [1.82, 2.24) is 0 Å². The summed E-state index contributed by atoms with van der Waals surface area (Å²) in [5.41, 5.74) is 2.08. The Balaban J connectivity index is 2.84. The predicted octanol–water partition coefficient (Wildman–Crippen LogP) is 3.23. The molecule has 0 fully saturated rings. The highest BCUT2D eigenvalue weighted by Crippen LogP contribution is 2.12. The van der Waals surface area contributed by atoms with E-state index in [1.165, 1.54) is 12.0 Å². The van der Waals surface area contributed by atoms with E-state index in [1.807, 2.05) is 24.3 Å². The summed E-state index contributed by atoms with van der Waals surface area (Å²) in [7, 11) is 0. The Kier molecular flexibility index (Phi) is 3.69. The van der Waals surface area contributed by atoms with E-state index in [4.69, 9.17) is 0 Å². The second-order valence-corrected chi connectivity index (χ2v) is 3.32. The van der Waals surface area contributed by atoms with Crippen molar-refractivity contribution < 1.29 is 4.79 Å². The van der Waals surface area contributed by atoms with Crippen LogP contribution in [0.1, 0.15) is 42.6 Å². The van der Waals surface area contributed by atoms with Gasteiger partial charge in [0.15, 0.2) is 5.78 Å². The maximum Gasteiger partial charge on any atom is 0.160 e. The molecule has 13 heavy (non-hydrogen) atoms. The number of carbonyl (C=O) groups is 1. The lowest BCUT2D eigenvalue weighted by molar-refractivity contribution is 0.101. The van der Waals surface area contributed by atoms with Gasteiger partial charge < -0.3 is 0 Å². The van der Waals surface area contributed by atoms with Gasteiger partial charge in [0.25, 0.3) is 0 Å². The van der Waals surface area contributed by atoms with Crippen molar-refractivity contribution in [3.63, 3.8) is 0 Å². The standard InChI is InChI=1S/C12H16O/c1-3-4-7-11-8-5-6-9-12(11)10(2)13/h5-6,8-9H,3-4,7H2,1-2H3. The summed E-state index contributed by atoms with van der Waals surface area (Å²) < 4.78 is 0. The fourth-order valence-electron chi connectivity index (χ4n) is 1.45. The molecule has 0 aliphatic heterocycles. The third-order valence-corrected chi connectivity index (χ3v) is 2.20. The largest absolute Gasteiger partial charge is 0.295 e. The molecule has 0 saturated carbocycles. The first kappa shape index (κ1) is 9.97. The van der Waals surface area contributed by atoms with Gasteiger partial charge in [-0.1, -0.05) is 37.6 Å². The predicted molar refractivity (Wildman–Crippen MR) is 55.1 cm³/mol. The molecule has 1 rings (SSSR count). The van der Waals surface area contributed by atoms with Crippen molar-refractivity contribution >= 4 is 5.78 Å². The third-order valence-electron chi connectivity index (χ3n) is 2.20. The maximum atomic E-state index is 11.2. The summed E-state index contributed by atoms with van der Waals surface area (Å²) in [6.07, 6.45) is 3.35. The number of unbranched alkanes of at least 4 members (excludes halogenated alkanes) is 1. The Labute approximate surface area is 79.8 Å². The fraction of sp³-hybridized carbons (Fsp3) is 0.417. The molecule has 1 aromatic carbocycles. The van der Waals surface area contributed by atoms with Gasteiger partial charge in [-0.3, -0.25) is 4.79 Å². The first-order valence-electron chi connectivity index (χ1n) is 4.84. The lowest BCUT2D eigenvalue weighted by Crippen LogP contribution is -1.98. The van der Waals surface area contributed by atoms with Crippen LogP contribution in [-0.2, 0) is 6.42 Å². The number of ketones is 1. The van der Waals surface area contributed by atoms with Crippen molar-refractivity contribution in [3.8, 4) is 0 Å². The van der Waals surface area contributed by atoms with Crippen LogP contribution in [0.25, 0.3) is 0 Å². The van der Waals surface area contributed by atoms with Crippen LogP contribution in [0.3, 0.4) is 0 Å². The summed E-state index contributed by atoms with van der Waals surface area (Å²) in [5, 5.41) is 0. The Morgan fingerprint density at radius 1 is 1.31 bits per heavy atom. The van der Waals surface area contributed by atoms with E-state index in [9.17, 15) is 4.79 Å². The van der Waals surface area contributed by atoms with Gasteiger partial charge in [-0.2, -0.15) is 0 Å². The van der Waals surface area contributed by atoms with Crippen molar-refractivity contribution in [3.05, 3.63) is 35.4 Å². The Morgan fingerprint density at radius 2 is 2.00 bits per heavy atom. The Morgan fingerprint density at radius 3 is 2.62 bits per heavy atom. The van der Waals surface area contributed by atoms with Crippen molar-refractivity contribution in [2.75, 3.05) is 0 Å². The molecule has 1 nitrogen and oxygen atoms in total. The van der Waals surface area contributed by atoms with Crippen LogP contribution in [-0.4, -0.2) is 5.78 Å². The van der Waals surface area contributed by atoms with E-state index in [2.05, 4.69) is 6.92 Å².